The van der Waals surface area contributed by atoms with Crippen molar-refractivity contribution in [1.82, 2.24) is 9.55 Å². The van der Waals surface area contributed by atoms with Gasteiger partial charge in [0, 0.05) is 6.04 Å². The summed E-state index contributed by atoms with van der Waals surface area (Å²) in [5.74, 6) is 0. The molecule has 0 spiro atoms. The summed E-state index contributed by atoms with van der Waals surface area (Å²) in [6.07, 6.45) is 4.58. The van der Waals surface area contributed by atoms with Crippen molar-refractivity contribution in [3.63, 3.8) is 0 Å². The molecule has 1 N–H and O–H groups in total. The minimum absolute atomic E-state index is 0.0457. The van der Waals surface area contributed by atoms with Crippen molar-refractivity contribution in [2.24, 2.45) is 5.41 Å². The normalized spacial score (nSPS) is 22.0. The van der Waals surface area contributed by atoms with Crippen molar-refractivity contribution in [2.75, 3.05) is 0 Å². The summed E-state index contributed by atoms with van der Waals surface area (Å²) in [7, 11) is 0. The SMILES string of the molecule is CC1(C)CCCCC1n1c(=S)[nH]c2ccccc2c1=O. The van der Waals surface area contributed by atoms with Gasteiger partial charge in [-0.25, -0.2) is 0 Å². The summed E-state index contributed by atoms with van der Waals surface area (Å²) in [4.78, 5) is 16.0. The van der Waals surface area contributed by atoms with Crippen LogP contribution in [0.1, 0.15) is 45.6 Å². The lowest BCUT2D eigenvalue weighted by atomic mass is 9.73. The van der Waals surface area contributed by atoms with E-state index in [0.29, 0.717) is 4.77 Å². The van der Waals surface area contributed by atoms with Crippen LogP contribution in [0.3, 0.4) is 0 Å². The first-order valence-corrected chi connectivity index (χ1v) is 7.65. The third-order valence-corrected chi connectivity index (χ3v) is 4.90. The molecule has 1 fully saturated rings. The molecule has 1 aromatic carbocycles. The first-order valence-electron chi connectivity index (χ1n) is 7.24. The van der Waals surface area contributed by atoms with E-state index in [0.717, 1.165) is 23.7 Å². The van der Waals surface area contributed by atoms with Crippen LogP contribution in [-0.2, 0) is 0 Å². The topological polar surface area (TPSA) is 37.8 Å². The summed E-state index contributed by atoms with van der Waals surface area (Å²) in [5, 5.41) is 0.725. The molecule has 3 nitrogen and oxygen atoms in total. The van der Waals surface area contributed by atoms with E-state index >= 15 is 0 Å². The second-order valence-corrected chi connectivity index (χ2v) is 6.79. The molecule has 1 atom stereocenters. The van der Waals surface area contributed by atoms with E-state index in [-0.39, 0.29) is 17.0 Å². The van der Waals surface area contributed by atoms with Crippen molar-refractivity contribution in [1.29, 1.82) is 0 Å². The van der Waals surface area contributed by atoms with Gasteiger partial charge in [-0.2, -0.15) is 0 Å². The van der Waals surface area contributed by atoms with Crippen LogP contribution in [0.2, 0.25) is 0 Å². The zero-order valence-corrected chi connectivity index (χ0v) is 12.8. The summed E-state index contributed by atoms with van der Waals surface area (Å²) in [5.41, 5.74) is 0.989. The van der Waals surface area contributed by atoms with Gasteiger partial charge in [0.2, 0.25) is 0 Å². The van der Waals surface area contributed by atoms with Crippen LogP contribution in [0.4, 0.5) is 0 Å². The molecule has 0 radical (unpaired) electrons. The van der Waals surface area contributed by atoms with E-state index in [4.69, 9.17) is 12.2 Å². The Labute approximate surface area is 123 Å². The van der Waals surface area contributed by atoms with Crippen LogP contribution in [0.5, 0.6) is 0 Å². The maximum Gasteiger partial charge on any atom is 0.262 e. The Kier molecular flexibility index (Phi) is 3.28. The van der Waals surface area contributed by atoms with Gasteiger partial charge in [-0.15, -0.1) is 0 Å². The van der Waals surface area contributed by atoms with Gasteiger partial charge < -0.3 is 4.98 Å². The average Bonchev–Trinajstić information content (AvgIpc) is 2.40. The van der Waals surface area contributed by atoms with Gasteiger partial charge in [0.15, 0.2) is 4.77 Å². The molecule has 1 heterocycles. The number of rotatable bonds is 1. The lowest BCUT2D eigenvalue weighted by Crippen LogP contribution is -2.37. The largest absolute Gasteiger partial charge is 0.332 e. The fourth-order valence-electron chi connectivity index (χ4n) is 3.41. The number of nitrogens with one attached hydrogen (secondary N) is 1. The summed E-state index contributed by atoms with van der Waals surface area (Å²) in [6, 6.07) is 7.79. The Balaban J connectivity index is 2.26. The van der Waals surface area contributed by atoms with E-state index < -0.39 is 0 Å². The number of benzene rings is 1. The number of aromatic amines is 1. The molecule has 1 saturated carbocycles. The fourth-order valence-corrected chi connectivity index (χ4v) is 3.73. The van der Waals surface area contributed by atoms with E-state index in [9.17, 15) is 4.79 Å². The molecule has 0 amide bonds. The summed E-state index contributed by atoms with van der Waals surface area (Å²) < 4.78 is 2.37. The van der Waals surface area contributed by atoms with Crippen LogP contribution in [0.15, 0.2) is 29.1 Å². The van der Waals surface area contributed by atoms with Crippen LogP contribution in [-0.4, -0.2) is 9.55 Å². The van der Waals surface area contributed by atoms with Crippen LogP contribution in [0, 0.1) is 10.2 Å². The zero-order chi connectivity index (χ0) is 14.3. The lowest BCUT2D eigenvalue weighted by Gasteiger charge is -2.39. The van der Waals surface area contributed by atoms with Gasteiger partial charge >= 0.3 is 0 Å². The van der Waals surface area contributed by atoms with E-state index in [2.05, 4.69) is 18.8 Å². The van der Waals surface area contributed by atoms with Crippen molar-refractivity contribution >= 4 is 23.1 Å². The van der Waals surface area contributed by atoms with Crippen molar-refractivity contribution < 1.29 is 0 Å². The Hall–Kier alpha value is -1.42. The second kappa shape index (κ2) is 4.85. The van der Waals surface area contributed by atoms with Crippen LogP contribution in [0.25, 0.3) is 10.9 Å². The van der Waals surface area contributed by atoms with Crippen LogP contribution >= 0.6 is 12.2 Å². The highest BCUT2D eigenvalue weighted by Gasteiger charge is 2.34. The zero-order valence-electron chi connectivity index (χ0n) is 12.0. The molecule has 1 aliphatic carbocycles. The monoisotopic (exact) mass is 288 g/mol. The molecule has 3 rings (SSSR count). The Morgan fingerprint density at radius 1 is 1.30 bits per heavy atom. The summed E-state index contributed by atoms with van der Waals surface area (Å²) >= 11 is 5.46. The maximum absolute atomic E-state index is 12.8. The average molecular weight is 288 g/mol. The van der Waals surface area contributed by atoms with Gasteiger partial charge in [-0.05, 0) is 42.6 Å². The minimum Gasteiger partial charge on any atom is -0.332 e. The molecule has 4 heteroatoms. The number of H-pyrrole nitrogens is 1. The molecular weight excluding hydrogens is 268 g/mol. The summed E-state index contributed by atoms with van der Waals surface area (Å²) in [6.45, 7) is 4.49. The molecule has 106 valence electrons. The highest BCUT2D eigenvalue weighted by atomic mass is 32.1. The second-order valence-electron chi connectivity index (χ2n) is 6.40. The first kappa shape index (κ1) is 13.6. The third-order valence-electron chi connectivity index (χ3n) is 4.60. The number of hydrogen-bond acceptors (Lipinski definition) is 2. The quantitative estimate of drug-likeness (QED) is 0.799. The smallest absolute Gasteiger partial charge is 0.262 e. The Morgan fingerprint density at radius 2 is 2.05 bits per heavy atom. The van der Waals surface area contributed by atoms with Gasteiger partial charge in [0.25, 0.3) is 5.56 Å². The molecule has 1 aliphatic rings. The van der Waals surface area contributed by atoms with E-state index in [1.165, 1.54) is 12.8 Å². The van der Waals surface area contributed by atoms with Gasteiger partial charge in [-0.1, -0.05) is 38.8 Å². The van der Waals surface area contributed by atoms with Gasteiger partial charge in [-0.3, -0.25) is 9.36 Å². The fraction of sp³-hybridized carbons (Fsp3) is 0.500. The third kappa shape index (κ3) is 2.12. The minimum atomic E-state index is 0.0457. The van der Waals surface area contributed by atoms with Crippen LogP contribution < -0.4 is 5.56 Å². The predicted octanol–water partition coefficient (Wildman–Crippen LogP) is 4.20. The highest BCUT2D eigenvalue weighted by molar-refractivity contribution is 7.71. The molecule has 1 unspecified atom stereocenters. The first-order chi connectivity index (χ1) is 9.50. The Bertz CT molecular complexity index is 757. The van der Waals surface area contributed by atoms with Gasteiger partial charge in [0.05, 0.1) is 10.9 Å². The molecule has 0 bridgehead atoms. The molecule has 0 saturated heterocycles. The van der Waals surface area contributed by atoms with E-state index in [1.807, 2.05) is 28.8 Å². The van der Waals surface area contributed by atoms with E-state index in [1.54, 1.807) is 0 Å². The van der Waals surface area contributed by atoms with Crippen molar-refractivity contribution in [3.8, 4) is 0 Å². The van der Waals surface area contributed by atoms with Crippen molar-refractivity contribution in [3.05, 3.63) is 39.4 Å². The standard InChI is InChI=1S/C16H20N2OS/c1-16(2)10-6-5-9-13(16)18-14(19)11-7-3-4-8-12(11)17-15(18)20/h3-4,7-8,13H,5-6,9-10H2,1-2H3,(H,17,20). The highest BCUT2D eigenvalue weighted by Crippen LogP contribution is 2.43. The molecular formula is C16H20N2OS. The molecule has 20 heavy (non-hydrogen) atoms. The van der Waals surface area contributed by atoms with Gasteiger partial charge in [0.1, 0.15) is 0 Å². The lowest BCUT2D eigenvalue weighted by molar-refractivity contribution is 0.139. The van der Waals surface area contributed by atoms with Crippen molar-refractivity contribution in [2.45, 2.75) is 45.6 Å². The molecule has 2 aromatic rings. The Morgan fingerprint density at radius 3 is 2.80 bits per heavy atom. The maximum atomic E-state index is 12.8. The number of nitrogens with zero attached hydrogens (tertiary/aromatic N) is 1. The number of para-hydroxylation sites is 1. The predicted molar refractivity (Wildman–Crippen MR) is 84.7 cm³/mol. The molecule has 0 aliphatic heterocycles. The molecule has 1 aromatic heterocycles. The number of hydrogen-bond donors (Lipinski definition) is 1. The number of aromatic nitrogens is 2. The number of fused-ring (bicyclic) bond motifs is 1.